The summed E-state index contributed by atoms with van der Waals surface area (Å²) in [5.74, 6) is -0.737. The van der Waals surface area contributed by atoms with E-state index in [1.54, 1.807) is 11.3 Å². The number of carbonyl (C=O) groups is 3. The molecule has 2 atom stereocenters. The summed E-state index contributed by atoms with van der Waals surface area (Å²) < 4.78 is 0. The number of carbonyl (C=O) groups excluding carboxylic acids is 3. The van der Waals surface area contributed by atoms with Gasteiger partial charge in [-0.15, -0.1) is 11.3 Å². The molecule has 6 nitrogen and oxygen atoms in total. The van der Waals surface area contributed by atoms with E-state index in [1.165, 1.54) is 0 Å². The fraction of sp³-hybridized carbons (Fsp3) is 0.208. The molecule has 2 aliphatic rings. The molecule has 4 amide bonds. The highest BCUT2D eigenvalue weighted by atomic mass is 32.1. The highest BCUT2D eigenvalue weighted by molar-refractivity contribution is 7.10. The zero-order chi connectivity index (χ0) is 21.4. The summed E-state index contributed by atoms with van der Waals surface area (Å²) in [5.41, 5.74) is 1.78. The summed E-state index contributed by atoms with van der Waals surface area (Å²) >= 11 is 1.54. The topological polar surface area (TPSA) is 78.5 Å². The molecule has 1 aliphatic carbocycles. The van der Waals surface area contributed by atoms with E-state index >= 15 is 0 Å². The Balaban J connectivity index is 1.36. The van der Waals surface area contributed by atoms with Gasteiger partial charge in [0.15, 0.2) is 0 Å². The third kappa shape index (κ3) is 3.31. The average Bonchev–Trinajstić information content (AvgIpc) is 3.50. The smallest absolute Gasteiger partial charge is 0.325 e. The molecule has 2 N–H and O–H groups in total. The van der Waals surface area contributed by atoms with Crippen molar-refractivity contribution in [3.63, 3.8) is 0 Å². The molecule has 0 bridgehead atoms. The number of aryl methyl sites for hydroxylation is 1. The van der Waals surface area contributed by atoms with Crippen molar-refractivity contribution >= 4 is 29.2 Å². The molecule has 31 heavy (non-hydrogen) atoms. The van der Waals surface area contributed by atoms with Gasteiger partial charge in [-0.1, -0.05) is 60.7 Å². The van der Waals surface area contributed by atoms with Crippen LogP contribution in [0.4, 0.5) is 4.79 Å². The van der Waals surface area contributed by atoms with Crippen LogP contribution in [0.5, 0.6) is 0 Å². The van der Waals surface area contributed by atoms with Crippen LogP contribution < -0.4 is 10.6 Å². The first kappa shape index (κ1) is 19.5. The molecule has 1 fully saturated rings. The Bertz CT molecular complexity index is 1150. The maximum absolute atomic E-state index is 13.3. The van der Waals surface area contributed by atoms with Crippen LogP contribution in [0.2, 0.25) is 0 Å². The van der Waals surface area contributed by atoms with E-state index in [0.29, 0.717) is 6.42 Å². The van der Waals surface area contributed by atoms with E-state index in [1.807, 2.05) is 72.1 Å². The average molecular weight is 432 g/mol. The van der Waals surface area contributed by atoms with Crippen molar-refractivity contribution in [1.29, 1.82) is 0 Å². The van der Waals surface area contributed by atoms with Crippen LogP contribution in [-0.2, 0) is 21.5 Å². The SMILES string of the molecule is O=C(CN1C(=O)N[C@@]2(CCc3ccccc32)C1=O)N[C@@H](c1ccccc1)c1cccs1. The Morgan fingerprint density at radius 2 is 1.84 bits per heavy atom. The maximum Gasteiger partial charge on any atom is 0.325 e. The van der Waals surface area contributed by atoms with Gasteiger partial charge in [0.1, 0.15) is 12.1 Å². The number of hydrogen-bond acceptors (Lipinski definition) is 4. The quantitative estimate of drug-likeness (QED) is 0.608. The number of amides is 4. The Hall–Kier alpha value is -3.45. The van der Waals surface area contributed by atoms with Crippen LogP contribution in [0.1, 0.15) is 34.0 Å². The number of urea groups is 1. The molecule has 0 radical (unpaired) electrons. The van der Waals surface area contributed by atoms with E-state index in [4.69, 9.17) is 0 Å². The van der Waals surface area contributed by atoms with Crippen LogP contribution in [0.3, 0.4) is 0 Å². The van der Waals surface area contributed by atoms with Gasteiger partial charge in [-0.2, -0.15) is 0 Å². The fourth-order valence-electron chi connectivity index (χ4n) is 4.50. The highest BCUT2D eigenvalue weighted by Crippen LogP contribution is 2.41. The number of fused-ring (bicyclic) bond motifs is 2. The van der Waals surface area contributed by atoms with E-state index in [-0.39, 0.29) is 24.4 Å². The standard InChI is InChI=1S/C24H21N3O3S/c28-20(25-21(19-11-6-14-31-19)17-8-2-1-3-9-17)15-27-22(29)24(26-23(27)30)13-12-16-7-4-5-10-18(16)24/h1-11,14,21H,12-13,15H2,(H,25,28)(H,26,30)/t21-,24+/m0/s1. The minimum absolute atomic E-state index is 0.316. The summed E-state index contributed by atoms with van der Waals surface area (Å²) in [5, 5.41) is 7.82. The van der Waals surface area contributed by atoms with Crippen molar-refractivity contribution < 1.29 is 14.4 Å². The summed E-state index contributed by atoms with van der Waals surface area (Å²) in [4.78, 5) is 40.9. The fourth-order valence-corrected chi connectivity index (χ4v) is 5.31. The molecular weight excluding hydrogens is 410 g/mol. The molecular formula is C24H21N3O3S. The molecule has 1 spiro atoms. The summed E-state index contributed by atoms with van der Waals surface area (Å²) in [7, 11) is 0. The number of nitrogens with one attached hydrogen (secondary N) is 2. The minimum Gasteiger partial charge on any atom is -0.343 e. The minimum atomic E-state index is -1.06. The predicted octanol–water partition coefficient (Wildman–Crippen LogP) is 3.35. The van der Waals surface area contributed by atoms with Gasteiger partial charge in [-0.3, -0.25) is 14.5 Å². The molecule has 5 rings (SSSR count). The normalized spacial score (nSPS) is 20.6. The third-order valence-corrected chi connectivity index (χ3v) is 6.93. The lowest BCUT2D eigenvalue weighted by atomic mass is 9.92. The Labute approximate surface area is 183 Å². The van der Waals surface area contributed by atoms with Crippen LogP contribution >= 0.6 is 11.3 Å². The molecule has 1 saturated heterocycles. The van der Waals surface area contributed by atoms with E-state index < -0.39 is 11.6 Å². The van der Waals surface area contributed by atoms with Crippen LogP contribution in [0, 0.1) is 0 Å². The van der Waals surface area contributed by atoms with E-state index in [0.717, 1.165) is 32.9 Å². The van der Waals surface area contributed by atoms with Gasteiger partial charge in [0, 0.05) is 4.88 Å². The maximum atomic E-state index is 13.3. The number of hydrogen-bond donors (Lipinski definition) is 2. The number of thiophene rings is 1. The van der Waals surface area contributed by atoms with E-state index in [9.17, 15) is 14.4 Å². The van der Waals surface area contributed by atoms with Gasteiger partial charge >= 0.3 is 6.03 Å². The monoisotopic (exact) mass is 431 g/mol. The van der Waals surface area contributed by atoms with Crippen molar-refractivity contribution in [2.75, 3.05) is 6.54 Å². The molecule has 0 unspecified atom stereocenters. The third-order valence-electron chi connectivity index (χ3n) is 5.99. The number of imide groups is 1. The van der Waals surface area contributed by atoms with E-state index in [2.05, 4.69) is 10.6 Å². The van der Waals surface area contributed by atoms with Gasteiger partial charge in [-0.25, -0.2) is 4.79 Å². The van der Waals surface area contributed by atoms with Gasteiger partial charge in [-0.05, 0) is 41.0 Å². The number of rotatable bonds is 5. The zero-order valence-electron chi connectivity index (χ0n) is 16.7. The van der Waals surface area contributed by atoms with Gasteiger partial charge in [0.25, 0.3) is 5.91 Å². The molecule has 7 heteroatoms. The Kier molecular flexibility index (Phi) is 4.82. The summed E-state index contributed by atoms with van der Waals surface area (Å²) in [6, 6.07) is 20.3. The Morgan fingerprint density at radius 3 is 2.61 bits per heavy atom. The van der Waals surface area contributed by atoms with Crippen LogP contribution in [-0.4, -0.2) is 29.3 Å². The molecule has 1 aromatic heterocycles. The van der Waals surface area contributed by atoms with Crippen molar-refractivity contribution in [2.45, 2.75) is 24.4 Å². The lowest BCUT2D eigenvalue weighted by Gasteiger charge is -2.23. The second-order valence-corrected chi connectivity index (χ2v) is 8.79. The van der Waals surface area contributed by atoms with Crippen LogP contribution in [0.15, 0.2) is 72.1 Å². The Morgan fingerprint density at radius 1 is 1.06 bits per heavy atom. The molecule has 0 saturated carbocycles. The van der Waals surface area contributed by atoms with Crippen molar-refractivity contribution in [2.24, 2.45) is 0 Å². The van der Waals surface area contributed by atoms with Crippen molar-refractivity contribution in [1.82, 2.24) is 15.5 Å². The lowest BCUT2D eigenvalue weighted by molar-refractivity contribution is -0.135. The highest BCUT2D eigenvalue weighted by Gasteiger charge is 2.55. The van der Waals surface area contributed by atoms with Gasteiger partial charge < -0.3 is 10.6 Å². The molecule has 3 aromatic rings. The van der Waals surface area contributed by atoms with Crippen molar-refractivity contribution in [3.8, 4) is 0 Å². The van der Waals surface area contributed by atoms with Gasteiger partial charge in [0.05, 0.1) is 6.04 Å². The first-order chi connectivity index (χ1) is 15.1. The molecule has 2 aromatic carbocycles. The molecule has 2 heterocycles. The number of nitrogens with zero attached hydrogens (tertiary/aromatic N) is 1. The zero-order valence-corrected chi connectivity index (χ0v) is 17.5. The second kappa shape index (κ2) is 7.67. The second-order valence-electron chi connectivity index (χ2n) is 7.81. The predicted molar refractivity (Wildman–Crippen MR) is 117 cm³/mol. The summed E-state index contributed by atoms with van der Waals surface area (Å²) in [6.45, 7) is -0.316. The number of benzene rings is 2. The molecule has 1 aliphatic heterocycles. The first-order valence-corrected chi connectivity index (χ1v) is 11.1. The van der Waals surface area contributed by atoms with Crippen LogP contribution in [0.25, 0.3) is 0 Å². The molecule has 156 valence electrons. The lowest BCUT2D eigenvalue weighted by Crippen LogP contribution is -2.44. The van der Waals surface area contributed by atoms with Crippen molar-refractivity contribution in [3.05, 3.63) is 93.7 Å². The first-order valence-electron chi connectivity index (χ1n) is 10.2. The van der Waals surface area contributed by atoms with Gasteiger partial charge in [0.2, 0.25) is 5.91 Å². The summed E-state index contributed by atoms with van der Waals surface area (Å²) in [6.07, 6.45) is 1.23. The largest absolute Gasteiger partial charge is 0.343 e.